The van der Waals surface area contributed by atoms with Gasteiger partial charge in [-0.25, -0.2) is 0 Å². The number of hydrogen-bond acceptors (Lipinski definition) is 2. The summed E-state index contributed by atoms with van der Waals surface area (Å²) in [7, 11) is 1.64. The van der Waals surface area contributed by atoms with Crippen molar-refractivity contribution >= 4 is 5.78 Å². The zero-order chi connectivity index (χ0) is 12.5. The van der Waals surface area contributed by atoms with Gasteiger partial charge in [0.2, 0.25) is 0 Å². The highest BCUT2D eigenvalue weighted by molar-refractivity contribution is 6.05. The Morgan fingerprint density at radius 1 is 1.11 bits per heavy atom. The summed E-state index contributed by atoms with van der Waals surface area (Å²) >= 11 is 0. The van der Waals surface area contributed by atoms with E-state index in [4.69, 9.17) is 4.74 Å². The number of methoxy groups -OCH3 is 1. The van der Waals surface area contributed by atoms with Gasteiger partial charge in [-0.05, 0) is 29.7 Å². The molecular formula is C16H14O2. The molecule has 0 saturated heterocycles. The lowest BCUT2D eigenvalue weighted by molar-refractivity contribution is 0.0973. The van der Waals surface area contributed by atoms with Crippen molar-refractivity contribution in [1.29, 1.82) is 0 Å². The fourth-order valence-corrected chi connectivity index (χ4v) is 2.57. The SMILES string of the molecule is COc1cccc(C2Cc3ccccc3C2=O)c1. The second-order valence-corrected chi connectivity index (χ2v) is 4.55. The van der Waals surface area contributed by atoms with Crippen LogP contribution in [0.25, 0.3) is 0 Å². The van der Waals surface area contributed by atoms with Gasteiger partial charge in [0.1, 0.15) is 5.75 Å². The molecule has 0 saturated carbocycles. The minimum Gasteiger partial charge on any atom is -0.497 e. The summed E-state index contributed by atoms with van der Waals surface area (Å²) in [5, 5.41) is 0. The minimum absolute atomic E-state index is 0.0579. The predicted molar refractivity (Wildman–Crippen MR) is 70.2 cm³/mol. The van der Waals surface area contributed by atoms with Gasteiger partial charge >= 0.3 is 0 Å². The molecule has 0 fully saturated rings. The standard InChI is InChI=1S/C16H14O2/c1-18-13-7-4-6-11(9-13)15-10-12-5-2-3-8-14(12)16(15)17/h2-9,15H,10H2,1H3. The molecule has 1 aliphatic carbocycles. The third-order valence-corrected chi connectivity index (χ3v) is 3.52. The van der Waals surface area contributed by atoms with Crippen LogP contribution in [0, 0.1) is 0 Å². The average Bonchev–Trinajstić information content (AvgIpc) is 2.77. The van der Waals surface area contributed by atoms with Crippen molar-refractivity contribution in [2.24, 2.45) is 0 Å². The first-order valence-corrected chi connectivity index (χ1v) is 6.05. The van der Waals surface area contributed by atoms with E-state index < -0.39 is 0 Å². The van der Waals surface area contributed by atoms with Crippen LogP contribution in [0.1, 0.15) is 27.4 Å². The summed E-state index contributed by atoms with van der Waals surface area (Å²) in [6.45, 7) is 0. The molecule has 0 radical (unpaired) electrons. The van der Waals surface area contributed by atoms with E-state index in [1.165, 1.54) is 0 Å². The molecule has 1 aliphatic rings. The summed E-state index contributed by atoms with van der Waals surface area (Å²) in [6.07, 6.45) is 0.794. The van der Waals surface area contributed by atoms with Gasteiger partial charge in [0.05, 0.1) is 13.0 Å². The first-order chi connectivity index (χ1) is 8.79. The quantitative estimate of drug-likeness (QED) is 0.803. The maximum atomic E-state index is 12.4. The molecule has 0 bridgehead atoms. The zero-order valence-corrected chi connectivity index (χ0v) is 10.2. The Morgan fingerprint density at radius 3 is 2.72 bits per heavy atom. The molecule has 2 aromatic carbocycles. The molecule has 0 N–H and O–H groups in total. The second kappa shape index (κ2) is 4.30. The number of benzene rings is 2. The van der Waals surface area contributed by atoms with E-state index in [0.29, 0.717) is 0 Å². The molecule has 2 aromatic rings. The minimum atomic E-state index is -0.0579. The molecule has 0 aromatic heterocycles. The first-order valence-electron chi connectivity index (χ1n) is 6.05. The third-order valence-electron chi connectivity index (χ3n) is 3.52. The van der Waals surface area contributed by atoms with Crippen LogP contribution in [-0.2, 0) is 6.42 Å². The van der Waals surface area contributed by atoms with Crippen LogP contribution in [0.2, 0.25) is 0 Å². The summed E-state index contributed by atoms with van der Waals surface area (Å²) < 4.78 is 5.22. The number of ether oxygens (including phenoxy) is 1. The molecule has 0 amide bonds. The number of carbonyl (C=O) groups is 1. The highest BCUT2D eigenvalue weighted by Gasteiger charge is 2.31. The fraction of sp³-hybridized carbons (Fsp3) is 0.188. The van der Waals surface area contributed by atoms with Crippen LogP contribution in [0.3, 0.4) is 0 Å². The molecule has 0 spiro atoms. The highest BCUT2D eigenvalue weighted by Crippen LogP contribution is 2.34. The Morgan fingerprint density at radius 2 is 1.94 bits per heavy atom. The van der Waals surface area contributed by atoms with Crippen molar-refractivity contribution in [3.8, 4) is 5.75 Å². The summed E-state index contributed by atoms with van der Waals surface area (Å²) in [5.41, 5.74) is 3.05. The van der Waals surface area contributed by atoms with E-state index in [1.54, 1.807) is 7.11 Å². The lowest BCUT2D eigenvalue weighted by Crippen LogP contribution is -2.06. The average molecular weight is 238 g/mol. The first kappa shape index (κ1) is 11.0. The fourth-order valence-electron chi connectivity index (χ4n) is 2.57. The molecular weight excluding hydrogens is 224 g/mol. The van der Waals surface area contributed by atoms with Crippen LogP contribution < -0.4 is 4.74 Å². The van der Waals surface area contributed by atoms with Crippen molar-refractivity contribution in [2.45, 2.75) is 12.3 Å². The smallest absolute Gasteiger partial charge is 0.170 e. The van der Waals surface area contributed by atoms with Crippen molar-refractivity contribution in [3.63, 3.8) is 0 Å². The molecule has 1 atom stereocenters. The van der Waals surface area contributed by atoms with Crippen LogP contribution in [0.15, 0.2) is 48.5 Å². The van der Waals surface area contributed by atoms with E-state index in [0.717, 1.165) is 28.9 Å². The summed E-state index contributed by atoms with van der Waals surface area (Å²) in [5.74, 6) is 0.965. The number of carbonyl (C=O) groups excluding carboxylic acids is 1. The van der Waals surface area contributed by atoms with E-state index in [9.17, 15) is 4.79 Å². The van der Waals surface area contributed by atoms with Gasteiger partial charge in [0.25, 0.3) is 0 Å². The van der Waals surface area contributed by atoms with Crippen LogP contribution in [-0.4, -0.2) is 12.9 Å². The number of fused-ring (bicyclic) bond motifs is 1. The molecule has 1 unspecified atom stereocenters. The molecule has 2 heteroatoms. The monoisotopic (exact) mass is 238 g/mol. The number of Topliss-reactive ketones (excluding diaryl/α,β-unsaturated/α-hetero) is 1. The van der Waals surface area contributed by atoms with Crippen molar-refractivity contribution in [2.75, 3.05) is 7.11 Å². The Hall–Kier alpha value is -2.09. The lowest BCUT2D eigenvalue weighted by atomic mass is 9.95. The molecule has 18 heavy (non-hydrogen) atoms. The zero-order valence-electron chi connectivity index (χ0n) is 10.2. The van der Waals surface area contributed by atoms with Gasteiger partial charge in [-0.2, -0.15) is 0 Å². The van der Waals surface area contributed by atoms with Crippen molar-refractivity contribution < 1.29 is 9.53 Å². The van der Waals surface area contributed by atoms with Crippen molar-refractivity contribution in [1.82, 2.24) is 0 Å². The van der Waals surface area contributed by atoms with Gasteiger partial charge < -0.3 is 4.74 Å². The number of hydrogen-bond donors (Lipinski definition) is 0. The second-order valence-electron chi connectivity index (χ2n) is 4.55. The third kappa shape index (κ3) is 1.70. The van der Waals surface area contributed by atoms with Crippen LogP contribution in [0.4, 0.5) is 0 Å². The summed E-state index contributed by atoms with van der Waals surface area (Å²) in [4.78, 5) is 12.4. The van der Waals surface area contributed by atoms with E-state index in [1.807, 2.05) is 48.5 Å². The molecule has 2 nitrogen and oxygen atoms in total. The van der Waals surface area contributed by atoms with Gasteiger partial charge in [-0.1, -0.05) is 36.4 Å². The summed E-state index contributed by atoms with van der Waals surface area (Å²) in [6, 6.07) is 15.6. The Balaban J connectivity index is 1.98. The number of ketones is 1. The largest absolute Gasteiger partial charge is 0.497 e. The van der Waals surface area contributed by atoms with E-state index in [-0.39, 0.29) is 11.7 Å². The Labute approximate surface area is 106 Å². The normalized spacial score (nSPS) is 17.6. The molecule has 3 rings (SSSR count). The topological polar surface area (TPSA) is 26.3 Å². The predicted octanol–water partition coefficient (Wildman–Crippen LogP) is 3.22. The van der Waals surface area contributed by atoms with Gasteiger partial charge in [-0.15, -0.1) is 0 Å². The van der Waals surface area contributed by atoms with E-state index in [2.05, 4.69) is 0 Å². The lowest BCUT2D eigenvalue weighted by Gasteiger charge is -2.09. The molecule has 0 heterocycles. The van der Waals surface area contributed by atoms with Crippen molar-refractivity contribution in [3.05, 3.63) is 65.2 Å². The maximum Gasteiger partial charge on any atom is 0.170 e. The molecule has 90 valence electrons. The van der Waals surface area contributed by atoms with Gasteiger partial charge in [0.15, 0.2) is 5.78 Å². The van der Waals surface area contributed by atoms with E-state index >= 15 is 0 Å². The van der Waals surface area contributed by atoms with Gasteiger partial charge in [-0.3, -0.25) is 4.79 Å². The van der Waals surface area contributed by atoms with Crippen LogP contribution in [0.5, 0.6) is 5.75 Å². The molecule has 0 aliphatic heterocycles. The van der Waals surface area contributed by atoms with Gasteiger partial charge in [0, 0.05) is 5.56 Å². The highest BCUT2D eigenvalue weighted by atomic mass is 16.5. The Bertz CT molecular complexity index is 602. The maximum absolute atomic E-state index is 12.4. The van der Waals surface area contributed by atoms with Crippen LogP contribution >= 0.6 is 0 Å². The Kier molecular flexibility index (Phi) is 2.63. The number of rotatable bonds is 2.